The van der Waals surface area contributed by atoms with Gasteiger partial charge in [-0.1, -0.05) is 50.2 Å². The Bertz CT molecular complexity index is 1350. The van der Waals surface area contributed by atoms with Gasteiger partial charge in [0.25, 0.3) is 5.22 Å². The molecular formula is C27H35N5O6S. The molecule has 4 rings (SSSR count). The maximum Gasteiger partial charge on any atom is 0.408 e. The third-order valence-electron chi connectivity index (χ3n) is 6.69. The van der Waals surface area contributed by atoms with Crippen LogP contribution in [0.15, 0.2) is 33.9 Å². The van der Waals surface area contributed by atoms with Crippen molar-refractivity contribution >= 4 is 40.6 Å². The molecule has 1 aliphatic heterocycles. The molecule has 0 saturated carbocycles. The Balaban J connectivity index is 1.46. The number of aromatic nitrogens is 3. The summed E-state index contributed by atoms with van der Waals surface area (Å²) in [6, 6.07) is 6.58. The summed E-state index contributed by atoms with van der Waals surface area (Å²) in [6.07, 6.45) is 0.536. The van der Waals surface area contributed by atoms with Crippen molar-refractivity contribution in [2.75, 3.05) is 12.9 Å². The van der Waals surface area contributed by atoms with E-state index in [1.54, 1.807) is 20.8 Å². The summed E-state index contributed by atoms with van der Waals surface area (Å²) in [5.74, 6) is -0.507. The van der Waals surface area contributed by atoms with Gasteiger partial charge in [0.2, 0.25) is 11.8 Å². The van der Waals surface area contributed by atoms with Crippen LogP contribution in [0.2, 0.25) is 0 Å². The van der Waals surface area contributed by atoms with Gasteiger partial charge in [-0.25, -0.2) is 9.59 Å². The molecule has 2 aromatic heterocycles. The number of fused-ring (bicyclic) bond motifs is 3. The van der Waals surface area contributed by atoms with Crippen LogP contribution >= 0.6 is 11.8 Å². The van der Waals surface area contributed by atoms with E-state index in [0.29, 0.717) is 6.42 Å². The molecule has 11 nitrogen and oxygen atoms in total. The Hall–Kier alpha value is -3.54. The lowest BCUT2D eigenvalue weighted by Gasteiger charge is -2.33. The Morgan fingerprint density at radius 3 is 2.69 bits per heavy atom. The number of carbonyl (C=O) groups is 3. The second kappa shape index (κ2) is 11.7. The lowest BCUT2D eigenvalue weighted by Crippen LogP contribution is -2.49. The van der Waals surface area contributed by atoms with Crippen LogP contribution in [0.25, 0.3) is 10.9 Å². The Morgan fingerprint density at radius 1 is 1.26 bits per heavy atom. The quantitative estimate of drug-likeness (QED) is 0.305. The topological polar surface area (TPSA) is 140 Å². The Morgan fingerprint density at radius 2 is 2.00 bits per heavy atom. The van der Waals surface area contributed by atoms with Crippen LogP contribution in [0.3, 0.4) is 0 Å². The lowest BCUT2D eigenvalue weighted by atomic mass is 9.96. The fourth-order valence-corrected chi connectivity index (χ4v) is 5.20. The molecule has 39 heavy (non-hydrogen) atoms. The second-order valence-electron chi connectivity index (χ2n) is 10.6. The van der Waals surface area contributed by atoms with Crippen molar-refractivity contribution in [3.63, 3.8) is 0 Å². The largest absolute Gasteiger partial charge is 0.467 e. The van der Waals surface area contributed by atoms with E-state index >= 15 is 0 Å². The van der Waals surface area contributed by atoms with Crippen molar-refractivity contribution in [1.29, 1.82) is 0 Å². The first-order valence-electron chi connectivity index (χ1n) is 12.9. The molecule has 210 valence electrons. The lowest BCUT2D eigenvalue weighted by molar-refractivity contribution is -0.153. The normalized spacial score (nSPS) is 16.9. The highest BCUT2D eigenvalue weighted by molar-refractivity contribution is 7.99. The summed E-state index contributed by atoms with van der Waals surface area (Å²) in [6.45, 7) is 9.58. The second-order valence-corrected chi connectivity index (χ2v) is 11.5. The first-order valence-corrected chi connectivity index (χ1v) is 13.9. The summed E-state index contributed by atoms with van der Waals surface area (Å²) in [7, 11) is 1.32. The molecule has 0 unspecified atom stereocenters. The van der Waals surface area contributed by atoms with Crippen LogP contribution in [0, 0.1) is 5.92 Å². The molecule has 0 aliphatic carbocycles. The van der Waals surface area contributed by atoms with E-state index in [1.165, 1.54) is 12.0 Å². The van der Waals surface area contributed by atoms with E-state index in [-0.39, 0.29) is 35.2 Å². The first-order chi connectivity index (χ1) is 18.5. The highest BCUT2D eigenvalue weighted by atomic mass is 32.2. The SMILES string of the molecule is CC[C@H](C)[C@H](NC(=O)OC(C)(C)C)c1nnc(SCC(=O)N2Cc3[nH]c4ccccc4c3C[C@H]2C(=O)OC)o1. The van der Waals surface area contributed by atoms with Gasteiger partial charge in [-0.05, 0) is 38.3 Å². The van der Waals surface area contributed by atoms with E-state index < -0.39 is 29.7 Å². The van der Waals surface area contributed by atoms with E-state index in [9.17, 15) is 14.4 Å². The molecule has 1 aromatic carbocycles. The van der Waals surface area contributed by atoms with Gasteiger partial charge in [-0.3, -0.25) is 4.79 Å². The number of rotatable bonds is 8. The standard InChI is InChI=1S/C27H35N5O6S/c1-7-15(2)22(29-25(35)38-27(3,4)5)23-30-31-26(37-23)39-14-21(33)32-13-19-17(12-20(32)24(34)36-6)16-10-8-9-11-18(16)28-19/h8-11,15,20,22,28H,7,12-14H2,1-6H3,(H,29,35)/t15-,20-,22-/m0/s1. The Kier molecular flexibility index (Phi) is 8.53. The first kappa shape index (κ1) is 28.5. The molecule has 3 aromatic rings. The van der Waals surface area contributed by atoms with E-state index in [4.69, 9.17) is 13.9 Å². The van der Waals surface area contributed by atoms with Gasteiger partial charge in [-0.2, -0.15) is 0 Å². The predicted molar refractivity (Wildman–Crippen MR) is 145 cm³/mol. The Labute approximate surface area is 231 Å². The van der Waals surface area contributed by atoms with E-state index in [2.05, 4.69) is 20.5 Å². The third-order valence-corrected chi connectivity index (χ3v) is 7.49. The molecular weight excluding hydrogens is 522 g/mol. The average Bonchev–Trinajstić information content (AvgIpc) is 3.52. The summed E-state index contributed by atoms with van der Waals surface area (Å²) in [5, 5.41) is 12.2. The smallest absolute Gasteiger partial charge is 0.408 e. The summed E-state index contributed by atoms with van der Waals surface area (Å²) in [5.41, 5.74) is 2.24. The van der Waals surface area contributed by atoms with Gasteiger partial charge >= 0.3 is 12.1 Å². The van der Waals surface area contributed by atoms with Crippen molar-refractivity contribution in [3.05, 3.63) is 41.4 Å². The molecule has 0 spiro atoms. The molecule has 3 heterocycles. The third kappa shape index (κ3) is 6.55. The summed E-state index contributed by atoms with van der Waals surface area (Å²) < 4.78 is 16.2. The van der Waals surface area contributed by atoms with E-state index in [0.717, 1.165) is 40.3 Å². The van der Waals surface area contributed by atoms with E-state index in [1.807, 2.05) is 38.1 Å². The maximum absolute atomic E-state index is 13.3. The number of alkyl carbamates (subject to hydrolysis) is 1. The van der Waals surface area contributed by atoms with Crippen molar-refractivity contribution in [2.45, 2.75) is 76.9 Å². The van der Waals surface area contributed by atoms with Gasteiger partial charge in [0.1, 0.15) is 17.7 Å². The van der Waals surface area contributed by atoms with Gasteiger partial charge in [0.05, 0.1) is 19.4 Å². The minimum atomic E-state index is -0.735. The van der Waals surface area contributed by atoms with Crippen LogP contribution in [0.1, 0.15) is 64.2 Å². The van der Waals surface area contributed by atoms with Crippen LogP contribution < -0.4 is 5.32 Å². The van der Waals surface area contributed by atoms with Crippen LogP contribution in [-0.2, 0) is 32.0 Å². The number of para-hydroxylation sites is 1. The highest BCUT2D eigenvalue weighted by Gasteiger charge is 2.37. The highest BCUT2D eigenvalue weighted by Crippen LogP contribution is 2.32. The van der Waals surface area contributed by atoms with Crippen molar-refractivity contribution in [2.24, 2.45) is 5.92 Å². The number of methoxy groups -OCH3 is 1. The summed E-state index contributed by atoms with van der Waals surface area (Å²) in [4.78, 5) is 43.3. The monoisotopic (exact) mass is 557 g/mol. The number of nitrogens with zero attached hydrogens (tertiary/aromatic N) is 3. The number of H-pyrrole nitrogens is 1. The fraction of sp³-hybridized carbons (Fsp3) is 0.519. The van der Waals surface area contributed by atoms with Crippen LogP contribution in [0.5, 0.6) is 0 Å². The summed E-state index contributed by atoms with van der Waals surface area (Å²) >= 11 is 1.08. The minimum Gasteiger partial charge on any atom is -0.467 e. The molecule has 0 saturated heterocycles. The van der Waals surface area contributed by atoms with Crippen molar-refractivity contribution in [3.8, 4) is 0 Å². The molecule has 2 N–H and O–H groups in total. The minimum absolute atomic E-state index is 0.00267. The molecule has 1 aliphatic rings. The van der Waals surface area contributed by atoms with Crippen LogP contribution in [-0.4, -0.2) is 62.6 Å². The molecule has 2 amide bonds. The number of esters is 1. The number of thioether (sulfide) groups is 1. The molecule has 3 atom stereocenters. The average molecular weight is 558 g/mol. The van der Waals surface area contributed by atoms with Gasteiger partial charge in [0, 0.05) is 23.0 Å². The number of ether oxygens (including phenoxy) is 2. The van der Waals surface area contributed by atoms with Gasteiger partial charge < -0.3 is 29.1 Å². The maximum atomic E-state index is 13.3. The zero-order valence-corrected chi connectivity index (χ0v) is 23.9. The number of carbonyl (C=O) groups excluding carboxylic acids is 3. The molecule has 12 heteroatoms. The number of hydrogen-bond donors (Lipinski definition) is 2. The number of hydrogen-bond acceptors (Lipinski definition) is 9. The molecule has 0 radical (unpaired) electrons. The van der Waals surface area contributed by atoms with Gasteiger partial charge in [-0.15, -0.1) is 10.2 Å². The zero-order chi connectivity index (χ0) is 28.3. The molecule has 0 bridgehead atoms. The van der Waals surface area contributed by atoms with Crippen molar-refractivity contribution in [1.82, 2.24) is 25.4 Å². The number of aromatic amines is 1. The fourth-order valence-electron chi connectivity index (χ4n) is 4.55. The number of amides is 2. The number of nitrogens with one attached hydrogen (secondary N) is 2. The molecule has 0 fully saturated rings. The van der Waals surface area contributed by atoms with Gasteiger partial charge in [0.15, 0.2) is 0 Å². The van der Waals surface area contributed by atoms with Crippen molar-refractivity contribution < 1.29 is 28.3 Å². The number of benzene rings is 1. The zero-order valence-electron chi connectivity index (χ0n) is 23.1. The van der Waals surface area contributed by atoms with Crippen LogP contribution in [0.4, 0.5) is 4.79 Å². The predicted octanol–water partition coefficient (Wildman–Crippen LogP) is 4.38.